The van der Waals surface area contributed by atoms with Crippen molar-refractivity contribution in [1.29, 1.82) is 0 Å². The zero-order chi connectivity index (χ0) is 15.6. The second-order valence-corrected chi connectivity index (χ2v) is 5.53. The van der Waals surface area contributed by atoms with Crippen LogP contribution in [0, 0.1) is 11.2 Å². The smallest absolute Gasteiger partial charge is 0.319 e. The van der Waals surface area contributed by atoms with Crippen LogP contribution in [-0.2, 0) is 16.0 Å². The molecule has 1 saturated carbocycles. The SMILES string of the molecule is COc1ccc(CC(C)(C(=O)O)C(=O)NC2CC2)cc1F. The van der Waals surface area contributed by atoms with Gasteiger partial charge in [-0.2, -0.15) is 0 Å². The number of benzene rings is 1. The summed E-state index contributed by atoms with van der Waals surface area (Å²) < 4.78 is 18.5. The fraction of sp³-hybridized carbons (Fsp3) is 0.467. The van der Waals surface area contributed by atoms with E-state index in [1.807, 2.05) is 0 Å². The molecule has 0 spiro atoms. The molecular weight excluding hydrogens is 277 g/mol. The number of methoxy groups -OCH3 is 1. The highest BCUT2D eigenvalue weighted by atomic mass is 19.1. The minimum absolute atomic E-state index is 0.0729. The van der Waals surface area contributed by atoms with Gasteiger partial charge in [-0.3, -0.25) is 9.59 Å². The van der Waals surface area contributed by atoms with Crippen LogP contribution in [0.1, 0.15) is 25.3 Å². The number of amides is 1. The van der Waals surface area contributed by atoms with Crippen molar-refractivity contribution in [2.45, 2.75) is 32.2 Å². The second-order valence-electron chi connectivity index (χ2n) is 5.53. The van der Waals surface area contributed by atoms with Gasteiger partial charge in [-0.1, -0.05) is 6.07 Å². The van der Waals surface area contributed by atoms with Crippen molar-refractivity contribution < 1.29 is 23.8 Å². The van der Waals surface area contributed by atoms with Gasteiger partial charge in [0.15, 0.2) is 11.6 Å². The molecule has 1 fully saturated rings. The van der Waals surface area contributed by atoms with Gasteiger partial charge in [0.2, 0.25) is 5.91 Å². The third-order valence-electron chi connectivity index (χ3n) is 3.66. The first-order valence-corrected chi connectivity index (χ1v) is 6.73. The second kappa shape index (κ2) is 5.71. The Hall–Kier alpha value is -2.11. The van der Waals surface area contributed by atoms with E-state index in [9.17, 15) is 19.1 Å². The molecule has 0 saturated heterocycles. The molecule has 0 radical (unpaired) electrons. The number of carbonyl (C=O) groups excluding carboxylic acids is 1. The molecule has 1 unspecified atom stereocenters. The molecule has 1 aliphatic rings. The minimum Gasteiger partial charge on any atom is -0.494 e. The van der Waals surface area contributed by atoms with Crippen LogP contribution in [0.5, 0.6) is 5.75 Å². The minimum atomic E-state index is -1.62. The Bertz CT molecular complexity index is 571. The van der Waals surface area contributed by atoms with Gasteiger partial charge in [0.25, 0.3) is 0 Å². The van der Waals surface area contributed by atoms with Crippen molar-refractivity contribution in [3.8, 4) is 5.75 Å². The first-order valence-electron chi connectivity index (χ1n) is 6.73. The highest BCUT2D eigenvalue weighted by molar-refractivity contribution is 6.02. The van der Waals surface area contributed by atoms with Crippen molar-refractivity contribution in [1.82, 2.24) is 5.32 Å². The lowest BCUT2D eigenvalue weighted by molar-refractivity contribution is -0.154. The summed E-state index contributed by atoms with van der Waals surface area (Å²) in [6.45, 7) is 1.36. The molecule has 1 aliphatic carbocycles. The fourth-order valence-corrected chi connectivity index (χ4v) is 2.05. The number of hydrogen-bond donors (Lipinski definition) is 2. The molecule has 1 aromatic rings. The van der Waals surface area contributed by atoms with Gasteiger partial charge in [0, 0.05) is 6.04 Å². The first-order chi connectivity index (χ1) is 9.86. The molecule has 21 heavy (non-hydrogen) atoms. The topological polar surface area (TPSA) is 75.6 Å². The van der Waals surface area contributed by atoms with Gasteiger partial charge in [0.1, 0.15) is 5.41 Å². The average molecular weight is 295 g/mol. The molecule has 0 aliphatic heterocycles. The molecule has 2 N–H and O–H groups in total. The van der Waals surface area contributed by atoms with E-state index in [0.29, 0.717) is 5.56 Å². The number of halogens is 1. The number of rotatable bonds is 6. The van der Waals surface area contributed by atoms with Gasteiger partial charge < -0.3 is 15.2 Å². The van der Waals surface area contributed by atoms with Crippen molar-refractivity contribution in [2.24, 2.45) is 5.41 Å². The molecular formula is C15H18FNO4. The Morgan fingerprint density at radius 3 is 2.62 bits per heavy atom. The molecule has 5 nitrogen and oxygen atoms in total. The first kappa shape index (κ1) is 15.3. The molecule has 1 aromatic carbocycles. The van der Waals surface area contributed by atoms with Gasteiger partial charge in [0.05, 0.1) is 7.11 Å². The maximum atomic E-state index is 13.7. The van der Waals surface area contributed by atoms with Crippen molar-refractivity contribution >= 4 is 11.9 Å². The number of hydrogen-bond acceptors (Lipinski definition) is 3. The lowest BCUT2D eigenvalue weighted by Gasteiger charge is -2.24. The summed E-state index contributed by atoms with van der Waals surface area (Å²) >= 11 is 0. The zero-order valence-corrected chi connectivity index (χ0v) is 12.0. The van der Waals surface area contributed by atoms with Crippen LogP contribution in [0.25, 0.3) is 0 Å². The number of nitrogens with one attached hydrogen (secondary N) is 1. The van der Waals surface area contributed by atoms with Crippen molar-refractivity contribution in [2.75, 3.05) is 7.11 Å². The summed E-state index contributed by atoms with van der Waals surface area (Å²) in [7, 11) is 1.35. The van der Waals surface area contributed by atoms with E-state index in [4.69, 9.17) is 4.74 Å². The van der Waals surface area contributed by atoms with E-state index >= 15 is 0 Å². The summed E-state index contributed by atoms with van der Waals surface area (Å²) in [5.41, 5.74) is -1.19. The molecule has 0 heterocycles. The summed E-state index contributed by atoms with van der Waals surface area (Å²) in [4.78, 5) is 23.7. The Balaban J connectivity index is 2.20. The Morgan fingerprint density at radius 2 is 2.14 bits per heavy atom. The fourth-order valence-electron chi connectivity index (χ4n) is 2.05. The molecule has 1 amide bonds. The normalized spacial score (nSPS) is 16.9. The molecule has 1 atom stereocenters. The summed E-state index contributed by atoms with van der Waals surface area (Å²) in [6.07, 6.45) is 1.67. The Morgan fingerprint density at radius 1 is 1.48 bits per heavy atom. The van der Waals surface area contributed by atoms with Crippen molar-refractivity contribution in [3.05, 3.63) is 29.6 Å². The zero-order valence-electron chi connectivity index (χ0n) is 12.0. The lowest BCUT2D eigenvalue weighted by atomic mass is 9.82. The number of aliphatic carboxylic acids is 1. The van der Waals surface area contributed by atoms with E-state index in [-0.39, 0.29) is 18.2 Å². The van der Waals surface area contributed by atoms with Gasteiger partial charge in [-0.15, -0.1) is 0 Å². The Kier molecular flexibility index (Phi) is 4.16. The summed E-state index contributed by atoms with van der Waals surface area (Å²) in [5, 5.41) is 12.1. The molecule has 0 aromatic heterocycles. The van der Waals surface area contributed by atoms with Crippen LogP contribution in [0.15, 0.2) is 18.2 Å². The third kappa shape index (κ3) is 3.32. The van der Waals surface area contributed by atoms with Crippen LogP contribution in [0.2, 0.25) is 0 Å². The number of carbonyl (C=O) groups is 2. The standard InChI is InChI=1S/C15H18FNO4/c1-15(14(19)20,13(18)17-10-4-5-10)8-9-3-6-12(21-2)11(16)7-9/h3,6-7,10H,4-5,8H2,1-2H3,(H,17,18)(H,19,20). The maximum Gasteiger partial charge on any atom is 0.319 e. The highest BCUT2D eigenvalue weighted by Gasteiger charge is 2.43. The lowest BCUT2D eigenvalue weighted by Crippen LogP contribution is -2.46. The van der Waals surface area contributed by atoms with Crippen LogP contribution in [0.4, 0.5) is 4.39 Å². The predicted molar refractivity (Wildman–Crippen MR) is 73.6 cm³/mol. The summed E-state index contributed by atoms with van der Waals surface area (Å²) in [5.74, 6) is -2.26. The van der Waals surface area contributed by atoms with Gasteiger partial charge in [-0.25, -0.2) is 4.39 Å². The monoisotopic (exact) mass is 295 g/mol. The van der Waals surface area contributed by atoms with E-state index < -0.39 is 23.1 Å². The van der Waals surface area contributed by atoms with E-state index in [0.717, 1.165) is 12.8 Å². The number of ether oxygens (including phenoxy) is 1. The molecule has 2 rings (SSSR count). The van der Waals surface area contributed by atoms with Gasteiger partial charge >= 0.3 is 5.97 Å². The largest absolute Gasteiger partial charge is 0.494 e. The number of carboxylic acid groups (broad SMARTS) is 1. The third-order valence-corrected chi connectivity index (χ3v) is 3.66. The van der Waals surface area contributed by atoms with E-state index in [2.05, 4.69) is 5.32 Å². The van der Waals surface area contributed by atoms with E-state index in [1.165, 1.54) is 26.2 Å². The average Bonchev–Trinajstić information content (AvgIpc) is 3.22. The van der Waals surface area contributed by atoms with Crippen LogP contribution in [0.3, 0.4) is 0 Å². The van der Waals surface area contributed by atoms with Crippen LogP contribution >= 0.6 is 0 Å². The summed E-state index contributed by atoms with van der Waals surface area (Å²) in [6, 6.07) is 4.26. The van der Waals surface area contributed by atoms with E-state index in [1.54, 1.807) is 6.07 Å². The van der Waals surface area contributed by atoms with Crippen LogP contribution in [-0.4, -0.2) is 30.1 Å². The van der Waals surface area contributed by atoms with Gasteiger partial charge in [-0.05, 0) is 43.9 Å². The molecule has 114 valence electrons. The molecule has 0 bridgehead atoms. The van der Waals surface area contributed by atoms with Crippen LogP contribution < -0.4 is 10.1 Å². The van der Waals surface area contributed by atoms with Crippen molar-refractivity contribution in [3.63, 3.8) is 0 Å². The molecule has 6 heteroatoms. The Labute approximate surface area is 122 Å². The quantitative estimate of drug-likeness (QED) is 0.784. The maximum absolute atomic E-state index is 13.7. The highest BCUT2D eigenvalue weighted by Crippen LogP contribution is 2.28. The predicted octanol–water partition coefficient (Wildman–Crippen LogP) is 1.75. The number of carboxylic acids is 1.